The molecule has 1 aliphatic heterocycles. The lowest BCUT2D eigenvalue weighted by Crippen LogP contribution is -2.34. The highest BCUT2D eigenvalue weighted by Crippen LogP contribution is 2.37. The van der Waals surface area contributed by atoms with Crippen LogP contribution in [0.15, 0.2) is 30.3 Å². The summed E-state index contributed by atoms with van der Waals surface area (Å²) in [6.07, 6.45) is -1.87. The van der Waals surface area contributed by atoms with Crippen LogP contribution in [0.5, 0.6) is 0 Å². The maximum absolute atomic E-state index is 13.1. The molecule has 4 rings (SSSR count). The summed E-state index contributed by atoms with van der Waals surface area (Å²) < 4.78 is 45.0. The van der Waals surface area contributed by atoms with Gasteiger partial charge in [0.05, 0.1) is 17.0 Å². The third-order valence-electron chi connectivity index (χ3n) is 5.50. The van der Waals surface area contributed by atoms with E-state index in [4.69, 9.17) is 4.74 Å². The first-order valence-electron chi connectivity index (χ1n) is 9.79. The van der Waals surface area contributed by atoms with Crippen LogP contribution in [0, 0.1) is 5.92 Å². The SMILES string of the molecule is CC1Cc2nnc(-c3cccc(C(F)(F)F)c3)cc2C(OC(=O)[C@H]2CCCN2)C1. The number of nitrogens with one attached hydrogen (secondary N) is 1. The van der Waals surface area contributed by atoms with Crippen molar-refractivity contribution in [1.82, 2.24) is 15.5 Å². The van der Waals surface area contributed by atoms with Gasteiger partial charge in [-0.05, 0) is 56.3 Å². The van der Waals surface area contributed by atoms with E-state index in [1.165, 1.54) is 6.07 Å². The van der Waals surface area contributed by atoms with Crippen molar-refractivity contribution in [3.05, 3.63) is 47.2 Å². The minimum absolute atomic E-state index is 0.269. The van der Waals surface area contributed by atoms with E-state index in [1.807, 2.05) is 0 Å². The normalized spacial score (nSPS) is 24.2. The van der Waals surface area contributed by atoms with Gasteiger partial charge < -0.3 is 10.1 Å². The topological polar surface area (TPSA) is 64.1 Å². The average Bonchev–Trinajstić information content (AvgIpc) is 3.22. The molecule has 1 aromatic carbocycles. The number of halogens is 3. The standard InChI is InChI=1S/C21H22F3N3O2/c1-12-8-18-15(19(9-12)29-20(28)16-6-3-7-25-16)11-17(26-27-18)13-4-2-5-14(10-13)21(22,23)24/h2,4-5,10-12,16,19,25H,3,6-9H2,1H3/t12?,16-,19?/m1/s1. The van der Waals surface area contributed by atoms with Crippen LogP contribution in [0.1, 0.15) is 49.1 Å². The number of hydrogen-bond acceptors (Lipinski definition) is 5. The highest BCUT2D eigenvalue weighted by atomic mass is 19.4. The Balaban J connectivity index is 1.64. The molecule has 8 heteroatoms. The minimum Gasteiger partial charge on any atom is -0.456 e. The van der Waals surface area contributed by atoms with Gasteiger partial charge in [-0.25, -0.2) is 0 Å². The van der Waals surface area contributed by atoms with Crippen LogP contribution in [0.25, 0.3) is 11.3 Å². The molecule has 1 fully saturated rings. The molecule has 154 valence electrons. The van der Waals surface area contributed by atoms with E-state index < -0.39 is 17.8 Å². The summed E-state index contributed by atoms with van der Waals surface area (Å²) in [5, 5.41) is 11.5. The van der Waals surface area contributed by atoms with Crippen LogP contribution in [0.4, 0.5) is 13.2 Å². The summed E-state index contributed by atoms with van der Waals surface area (Å²) in [5.74, 6) is -0.0180. The fourth-order valence-electron chi connectivity index (χ4n) is 3.99. The Hall–Kier alpha value is -2.48. The first-order chi connectivity index (χ1) is 13.8. The molecular weight excluding hydrogens is 383 g/mol. The van der Waals surface area contributed by atoms with Crippen molar-refractivity contribution >= 4 is 5.97 Å². The van der Waals surface area contributed by atoms with E-state index in [0.29, 0.717) is 24.1 Å². The third-order valence-corrected chi connectivity index (χ3v) is 5.50. The molecule has 1 aromatic heterocycles. The molecule has 3 atom stereocenters. The van der Waals surface area contributed by atoms with Gasteiger partial charge in [0.1, 0.15) is 12.1 Å². The second-order valence-electron chi connectivity index (χ2n) is 7.83. The van der Waals surface area contributed by atoms with Crippen molar-refractivity contribution in [2.24, 2.45) is 5.92 Å². The van der Waals surface area contributed by atoms with E-state index in [1.54, 1.807) is 12.1 Å². The van der Waals surface area contributed by atoms with E-state index in [9.17, 15) is 18.0 Å². The quantitative estimate of drug-likeness (QED) is 0.780. The zero-order valence-electron chi connectivity index (χ0n) is 16.0. The van der Waals surface area contributed by atoms with Crippen LogP contribution >= 0.6 is 0 Å². The zero-order valence-corrected chi connectivity index (χ0v) is 16.0. The van der Waals surface area contributed by atoms with Crippen LogP contribution in [0.3, 0.4) is 0 Å². The van der Waals surface area contributed by atoms with Crippen molar-refractivity contribution < 1.29 is 22.7 Å². The number of alkyl halides is 3. The van der Waals surface area contributed by atoms with E-state index >= 15 is 0 Å². The molecule has 5 nitrogen and oxygen atoms in total. The molecule has 0 radical (unpaired) electrons. The van der Waals surface area contributed by atoms with E-state index in [2.05, 4.69) is 22.4 Å². The van der Waals surface area contributed by atoms with Crippen molar-refractivity contribution in [3.63, 3.8) is 0 Å². The van der Waals surface area contributed by atoms with Crippen LogP contribution in [0.2, 0.25) is 0 Å². The lowest BCUT2D eigenvalue weighted by atomic mass is 9.85. The third kappa shape index (κ3) is 4.27. The second-order valence-corrected chi connectivity index (χ2v) is 7.83. The Labute approximate surface area is 166 Å². The number of esters is 1. The number of rotatable bonds is 3. The summed E-state index contributed by atoms with van der Waals surface area (Å²) in [7, 11) is 0. The first kappa shape index (κ1) is 19.8. The molecule has 0 bridgehead atoms. The number of ether oxygens (including phenoxy) is 1. The van der Waals surface area contributed by atoms with Gasteiger partial charge in [0.2, 0.25) is 0 Å². The van der Waals surface area contributed by atoms with E-state index in [0.717, 1.165) is 42.8 Å². The minimum atomic E-state index is -4.43. The smallest absolute Gasteiger partial charge is 0.416 e. The van der Waals surface area contributed by atoms with Crippen molar-refractivity contribution in [2.75, 3.05) is 6.54 Å². The first-order valence-corrected chi connectivity index (χ1v) is 9.79. The molecule has 1 aliphatic carbocycles. The maximum atomic E-state index is 13.1. The Morgan fingerprint density at radius 1 is 1.24 bits per heavy atom. The van der Waals surface area contributed by atoms with Gasteiger partial charge in [0.15, 0.2) is 0 Å². The molecule has 0 saturated carbocycles. The summed E-state index contributed by atoms with van der Waals surface area (Å²) in [6.45, 7) is 2.85. The van der Waals surface area contributed by atoms with Gasteiger partial charge in [-0.3, -0.25) is 4.79 Å². The lowest BCUT2D eigenvalue weighted by molar-refractivity contribution is -0.153. The van der Waals surface area contributed by atoms with E-state index in [-0.39, 0.29) is 17.9 Å². The summed E-state index contributed by atoms with van der Waals surface area (Å²) in [6, 6.07) is 6.42. The highest BCUT2D eigenvalue weighted by molar-refractivity contribution is 5.76. The Morgan fingerprint density at radius 2 is 2.07 bits per heavy atom. The van der Waals surface area contributed by atoms with Crippen molar-refractivity contribution in [3.8, 4) is 11.3 Å². The highest BCUT2D eigenvalue weighted by Gasteiger charge is 2.33. The number of nitrogens with zero attached hydrogens (tertiary/aromatic N) is 2. The zero-order chi connectivity index (χ0) is 20.6. The van der Waals surface area contributed by atoms with Gasteiger partial charge in [-0.2, -0.15) is 23.4 Å². The predicted octanol–water partition coefficient (Wildman–Crippen LogP) is 4.08. The van der Waals surface area contributed by atoms with Crippen molar-refractivity contribution in [2.45, 2.75) is 50.9 Å². The van der Waals surface area contributed by atoms with Crippen LogP contribution in [-0.4, -0.2) is 28.8 Å². The predicted molar refractivity (Wildman–Crippen MR) is 99.8 cm³/mol. The molecule has 29 heavy (non-hydrogen) atoms. The van der Waals surface area contributed by atoms with Crippen LogP contribution in [-0.2, 0) is 22.1 Å². The molecule has 0 amide bonds. The molecule has 2 unspecified atom stereocenters. The summed E-state index contributed by atoms with van der Waals surface area (Å²) in [5.41, 5.74) is 1.40. The molecule has 2 aromatic rings. The maximum Gasteiger partial charge on any atom is 0.416 e. The van der Waals surface area contributed by atoms with Gasteiger partial charge >= 0.3 is 12.1 Å². The fourth-order valence-corrected chi connectivity index (χ4v) is 3.99. The molecule has 0 spiro atoms. The lowest BCUT2D eigenvalue weighted by Gasteiger charge is -2.29. The van der Waals surface area contributed by atoms with Crippen molar-refractivity contribution in [1.29, 1.82) is 0 Å². The number of fused-ring (bicyclic) bond motifs is 1. The molecule has 2 aliphatic rings. The van der Waals surface area contributed by atoms with Gasteiger partial charge in [-0.15, -0.1) is 0 Å². The fraction of sp³-hybridized carbons (Fsp3) is 0.476. The monoisotopic (exact) mass is 405 g/mol. The average molecular weight is 405 g/mol. The number of carbonyl (C=O) groups is 1. The molecule has 1 N–H and O–H groups in total. The summed E-state index contributed by atoms with van der Waals surface area (Å²) >= 11 is 0. The largest absolute Gasteiger partial charge is 0.456 e. The number of benzene rings is 1. The van der Waals surface area contributed by atoms with Gasteiger partial charge in [0.25, 0.3) is 0 Å². The number of hydrogen-bond donors (Lipinski definition) is 1. The van der Waals surface area contributed by atoms with Gasteiger partial charge in [-0.1, -0.05) is 19.1 Å². The summed E-state index contributed by atoms with van der Waals surface area (Å²) in [4.78, 5) is 12.5. The molecule has 2 heterocycles. The second kappa shape index (κ2) is 7.74. The van der Waals surface area contributed by atoms with Crippen LogP contribution < -0.4 is 5.32 Å². The molecule has 1 saturated heterocycles. The van der Waals surface area contributed by atoms with Gasteiger partial charge in [0, 0.05) is 11.1 Å². The Morgan fingerprint density at radius 3 is 2.79 bits per heavy atom. The number of carbonyl (C=O) groups excluding carboxylic acids is 1. The number of aromatic nitrogens is 2. The molecular formula is C21H22F3N3O2. The Kier molecular flexibility index (Phi) is 5.29. The Bertz CT molecular complexity index is 910.